The van der Waals surface area contributed by atoms with Crippen molar-refractivity contribution in [3.05, 3.63) is 52.5 Å². The van der Waals surface area contributed by atoms with E-state index in [4.69, 9.17) is 23.2 Å². The van der Waals surface area contributed by atoms with Crippen LogP contribution in [0.1, 0.15) is 0 Å². The highest BCUT2D eigenvalue weighted by Crippen LogP contribution is 2.27. The van der Waals surface area contributed by atoms with Crippen molar-refractivity contribution in [1.29, 1.82) is 0 Å². The zero-order chi connectivity index (χ0) is 14.0. The van der Waals surface area contributed by atoms with Gasteiger partial charge in [0, 0.05) is 12.4 Å². The summed E-state index contributed by atoms with van der Waals surface area (Å²) in [5, 5.41) is 0.0833. The van der Waals surface area contributed by atoms with Crippen LogP contribution in [0.15, 0.2) is 41.6 Å². The third kappa shape index (κ3) is 3.15. The Balaban J connectivity index is 2.43. The minimum absolute atomic E-state index is 0.00928. The molecule has 0 amide bonds. The molecule has 1 aromatic carbocycles. The van der Waals surface area contributed by atoms with Crippen molar-refractivity contribution >= 4 is 38.9 Å². The van der Waals surface area contributed by atoms with Gasteiger partial charge >= 0.3 is 0 Å². The van der Waals surface area contributed by atoms with E-state index in [0.29, 0.717) is 0 Å². The Hall–Kier alpha value is -1.37. The maximum atomic E-state index is 13.1. The van der Waals surface area contributed by atoms with E-state index in [1.54, 1.807) is 0 Å². The van der Waals surface area contributed by atoms with Crippen LogP contribution in [0.4, 0.5) is 10.1 Å². The second-order valence-corrected chi connectivity index (χ2v) is 6.00. The van der Waals surface area contributed by atoms with Crippen molar-refractivity contribution in [1.82, 2.24) is 4.98 Å². The van der Waals surface area contributed by atoms with Gasteiger partial charge in [-0.3, -0.25) is 9.71 Å². The Morgan fingerprint density at radius 3 is 2.58 bits per heavy atom. The lowest BCUT2D eigenvalue weighted by Crippen LogP contribution is -2.14. The van der Waals surface area contributed by atoms with Crippen LogP contribution >= 0.6 is 23.2 Å². The summed E-state index contributed by atoms with van der Waals surface area (Å²) in [6.45, 7) is 0. The summed E-state index contributed by atoms with van der Waals surface area (Å²) in [5.74, 6) is -0.612. The van der Waals surface area contributed by atoms with E-state index in [1.807, 2.05) is 0 Å². The molecule has 0 aliphatic rings. The summed E-state index contributed by atoms with van der Waals surface area (Å²) in [4.78, 5) is 3.47. The third-order valence-electron chi connectivity index (χ3n) is 2.20. The van der Waals surface area contributed by atoms with Crippen LogP contribution in [0, 0.1) is 5.82 Å². The maximum Gasteiger partial charge on any atom is 0.264 e. The molecule has 1 heterocycles. The van der Waals surface area contributed by atoms with Crippen molar-refractivity contribution in [2.24, 2.45) is 0 Å². The largest absolute Gasteiger partial charge is 0.278 e. The highest BCUT2D eigenvalue weighted by atomic mass is 35.5. The highest BCUT2D eigenvalue weighted by Gasteiger charge is 2.19. The summed E-state index contributed by atoms with van der Waals surface area (Å²) in [5.41, 5.74) is -0.0680. The van der Waals surface area contributed by atoms with Gasteiger partial charge in [0.05, 0.1) is 15.7 Å². The smallest absolute Gasteiger partial charge is 0.264 e. The molecule has 1 aromatic heterocycles. The first-order chi connectivity index (χ1) is 8.90. The molecule has 0 aliphatic heterocycles. The number of nitrogens with one attached hydrogen (secondary N) is 1. The van der Waals surface area contributed by atoms with Crippen molar-refractivity contribution in [3.63, 3.8) is 0 Å². The molecule has 0 aliphatic carbocycles. The van der Waals surface area contributed by atoms with Gasteiger partial charge in [-0.05, 0) is 24.3 Å². The number of sulfonamides is 1. The quantitative estimate of drug-likeness (QED) is 0.943. The molecule has 0 radical (unpaired) electrons. The summed E-state index contributed by atoms with van der Waals surface area (Å²) < 4.78 is 39.4. The molecule has 0 fully saturated rings. The topological polar surface area (TPSA) is 59.1 Å². The molecular formula is C11H7Cl2FN2O2S. The molecule has 2 aromatic rings. The van der Waals surface area contributed by atoms with Crippen LogP contribution in [0.5, 0.6) is 0 Å². The van der Waals surface area contributed by atoms with Gasteiger partial charge in [-0.25, -0.2) is 12.8 Å². The number of rotatable bonds is 3. The summed E-state index contributed by atoms with van der Waals surface area (Å²) in [6, 6.07) is 4.68. The molecule has 8 heteroatoms. The maximum absolute atomic E-state index is 13.1. The highest BCUT2D eigenvalue weighted by molar-refractivity contribution is 7.92. The van der Waals surface area contributed by atoms with Crippen LogP contribution in [0.3, 0.4) is 0 Å². The van der Waals surface area contributed by atoms with E-state index in [1.165, 1.54) is 18.3 Å². The molecule has 2 rings (SSSR count). The Morgan fingerprint density at radius 1 is 1.16 bits per heavy atom. The lowest BCUT2D eigenvalue weighted by molar-refractivity contribution is 0.600. The molecule has 0 atom stereocenters. The zero-order valence-corrected chi connectivity index (χ0v) is 11.6. The van der Waals surface area contributed by atoms with E-state index in [-0.39, 0.29) is 20.6 Å². The van der Waals surface area contributed by atoms with Gasteiger partial charge in [0.15, 0.2) is 0 Å². The van der Waals surface area contributed by atoms with Gasteiger partial charge in [-0.15, -0.1) is 0 Å². The van der Waals surface area contributed by atoms with Crippen molar-refractivity contribution in [3.8, 4) is 0 Å². The number of hydrogen-bond acceptors (Lipinski definition) is 3. The van der Waals surface area contributed by atoms with Crippen molar-refractivity contribution in [2.75, 3.05) is 4.72 Å². The van der Waals surface area contributed by atoms with Gasteiger partial charge in [0.1, 0.15) is 10.7 Å². The first-order valence-corrected chi connectivity index (χ1v) is 7.21. The molecule has 0 unspecified atom stereocenters. The number of pyridine rings is 1. The van der Waals surface area contributed by atoms with Crippen LogP contribution in [0.25, 0.3) is 0 Å². The molecule has 0 saturated carbocycles. The fraction of sp³-hybridized carbons (Fsp3) is 0. The van der Waals surface area contributed by atoms with Gasteiger partial charge in [0.25, 0.3) is 10.0 Å². The SMILES string of the molecule is O=S(=O)(Nc1cc(F)ccc1Cl)c1cnccc1Cl. The van der Waals surface area contributed by atoms with Crippen LogP contribution < -0.4 is 4.72 Å². The number of aromatic nitrogens is 1. The second-order valence-electron chi connectivity index (χ2n) is 3.54. The molecule has 1 N–H and O–H groups in total. The number of anilines is 1. The molecule has 0 spiro atoms. The standard InChI is InChI=1S/C11H7Cl2FN2O2S/c12-8-2-1-7(14)5-10(8)16-19(17,18)11-6-15-4-3-9(11)13/h1-6,16H. The third-order valence-corrected chi connectivity index (χ3v) is 4.36. The predicted molar refractivity (Wildman–Crippen MR) is 71.5 cm³/mol. The lowest BCUT2D eigenvalue weighted by atomic mass is 10.3. The van der Waals surface area contributed by atoms with Gasteiger partial charge in [0.2, 0.25) is 0 Å². The molecule has 4 nitrogen and oxygen atoms in total. The zero-order valence-electron chi connectivity index (χ0n) is 9.27. The summed E-state index contributed by atoms with van der Waals surface area (Å²) in [6.07, 6.45) is 2.45. The van der Waals surface area contributed by atoms with Crippen molar-refractivity contribution < 1.29 is 12.8 Å². The average Bonchev–Trinajstić information content (AvgIpc) is 2.34. The normalized spacial score (nSPS) is 11.3. The molecule has 100 valence electrons. The van der Waals surface area contributed by atoms with Gasteiger partial charge in [-0.2, -0.15) is 0 Å². The summed E-state index contributed by atoms with van der Waals surface area (Å²) >= 11 is 11.6. The predicted octanol–water partition coefficient (Wildman–Crippen LogP) is 3.33. The number of halogens is 3. The van der Waals surface area contributed by atoms with E-state index < -0.39 is 15.8 Å². The monoisotopic (exact) mass is 320 g/mol. The first kappa shape index (κ1) is 14.0. The first-order valence-electron chi connectivity index (χ1n) is 4.97. The molecule has 19 heavy (non-hydrogen) atoms. The van der Waals surface area contributed by atoms with Crippen LogP contribution in [0.2, 0.25) is 10.0 Å². The van der Waals surface area contributed by atoms with E-state index in [9.17, 15) is 12.8 Å². The minimum Gasteiger partial charge on any atom is -0.278 e. The number of nitrogens with zero attached hydrogens (tertiary/aromatic N) is 1. The van der Waals surface area contributed by atoms with Crippen LogP contribution in [-0.4, -0.2) is 13.4 Å². The summed E-state index contributed by atoms with van der Waals surface area (Å²) in [7, 11) is -3.98. The van der Waals surface area contributed by atoms with E-state index >= 15 is 0 Å². The second kappa shape index (κ2) is 5.32. The Bertz CT molecular complexity index is 722. The minimum atomic E-state index is -3.98. The van der Waals surface area contributed by atoms with Gasteiger partial charge < -0.3 is 0 Å². The Kier molecular flexibility index (Phi) is 3.93. The number of hydrogen-bond donors (Lipinski definition) is 1. The molecular weight excluding hydrogens is 314 g/mol. The van der Waals surface area contributed by atoms with Crippen LogP contribution in [-0.2, 0) is 10.0 Å². The fourth-order valence-corrected chi connectivity index (χ4v) is 3.06. The lowest BCUT2D eigenvalue weighted by Gasteiger charge is -2.10. The van der Waals surface area contributed by atoms with E-state index in [2.05, 4.69) is 9.71 Å². The number of benzene rings is 1. The average molecular weight is 321 g/mol. The van der Waals surface area contributed by atoms with Gasteiger partial charge in [-0.1, -0.05) is 23.2 Å². The fourth-order valence-electron chi connectivity index (χ4n) is 1.34. The van der Waals surface area contributed by atoms with Crippen molar-refractivity contribution in [2.45, 2.75) is 4.90 Å². The Morgan fingerprint density at radius 2 is 1.89 bits per heavy atom. The molecule has 0 bridgehead atoms. The Labute approximate surface area is 119 Å². The molecule has 0 saturated heterocycles. The van der Waals surface area contributed by atoms with E-state index in [0.717, 1.165) is 18.3 Å².